The Morgan fingerprint density at radius 2 is 1.68 bits per heavy atom. The van der Waals surface area contributed by atoms with Crippen LogP contribution < -0.4 is 15.0 Å². The Hall–Kier alpha value is -3.33. The molecule has 0 radical (unpaired) electrons. The van der Waals surface area contributed by atoms with E-state index >= 15 is 0 Å². The highest BCUT2D eigenvalue weighted by atomic mass is 79.9. The van der Waals surface area contributed by atoms with Crippen LogP contribution in [0.15, 0.2) is 82.1 Å². The zero-order valence-electron chi connectivity index (χ0n) is 17.4. The highest BCUT2D eigenvalue weighted by molar-refractivity contribution is 9.10. The molecule has 3 aromatic carbocycles. The summed E-state index contributed by atoms with van der Waals surface area (Å²) < 4.78 is 2.57. The lowest BCUT2D eigenvalue weighted by molar-refractivity contribution is -0.113. The molecule has 1 amide bonds. The van der Waals surface area contributed by atoms with Gasteiger partial charge < -0.3 is 4.90 Å². The quantitative estimate of drug-likeness (QED) is 0.327. The second-order valence-corrected chi connectivity index (χ2v) is 10.1. The fourth-order valence-corrected chi connectivity index (χ4v) is 5.42. The lowest BCUT2D eigenvalue weighted by Gasteiger charge is -2.17. The van der Waals surface area contributed by atoms with Crippen molar-refractivity contribution in [3.05, 3.63) is 108 Å². The molecule has 6 rings (SSSR count). The zero-order chi connectivity index (χ0) is 23.4. The Bertz CT molecular complexity index is 1690. The molecule has 166 valence electrons. The number of carbonyl (C=O) groups excluding carboxylic acids is 1. The number of hydrogen-bond acceptors (Lipinski definition) is 5. The third-order valence-electron chi connectivity index (χ3n) is 5.66. The van der Waals surface area contributed by atoms with Crippen LogP contribution in [0.1, 0.15) is 11.1 Å². The lowest BCUT2D eigenvalue weighted by atomic mass is 10.1. The van der Waals surface area contributed by atoms with E-state index in [2.05, 4.69) is 26.0 Å². The first kappa shape index (κ1) is 21.2. The Labute approximate surface area is 210 Å². The number of para-hydroxylation sites is 1. The summed E-state index contributed by atoms with van der Waals surface area (Å²) in [6.45, 7) is 0.374. The van der Waals surface area contributed by atoms with E-state index in [4.69, 9.17) is 11.6 Å². The average molecular weight is 550 g/mol. The molecular formula is C25H14BrClN4O2S. The van der Waals surface area contributed by atoms with E-state index in [1.54, 1.807) is 17.0 Å². The van der Waals surface area contributed by atoms with Gasteiger partial charge in [0, 0.05) is 20.6 Å². The number of benzene rings is 3. The smallest absolute Gasteiger partial charge is 0.291 e. The Morgan fingerprint density at radius 3 is 2.41 bits per heavy atom. The summed E-state index contributed by atoms with van der Waals surface area (Å²) in [5.41, 5.74) is 3.30. The second kappa shape index (κ2) is 8.16. The molecule has 0 N–H and O–H groups in total. The van der Waals surface area contributed by atoms with E-state index in [9.17, 15) is 9.59 Å². The summed E-state index contributed by atoms with van der Waals surface area (Å²) in [5, 5.41) is 5.05. The number of rotatable bonds is 3. The fraction of sp³-hybridized carbons (Fsp3) is 0.0400. The SMILES string of the molecule is O=C1/C(=c2\sc3nc(-c4ccc(Br)cc4)nn3c2=O)c2ccccc2N1Cc1ccc(Cl)cc1. The van der Waals surface area contributed by atoms with Crippen LogP contribution in [0.3, 0.4) is 0 Å². The molecule has 6 nitrogen and oxygen atoms in total. The predicted octanol–water partition coefficient (Wildman–Crippen LogP) is 4.70. The van der Waals surface area contributed by atoms with Crippen LogP contribution in [0, 0.1) is 0 Å². The first-order valence-corrected chi connectivity index (χ1v) is 12.3. The third kappa shape index (κ3) is 3.46. The van der Waals surface area contributed by atoms with Gasteiger partial charge in [-0.1, -0.05) is 81.3 Å². The maximum Gasteiger partial charge on any atom is 0.291 e. The molecule has 9 heteroatoms. The Morgan fingerprint density at radius 1 is 0.941 bits per heavy atom. The van der Waals surface area contributed by atoms with Gasteiger partial charge in [0.15, 0.2) is 5.82 Å². The van der Waals surface area contributed by atoms with Crippen molar-refractivity contribution in [3.63, 3.8) is 0 Å². The molecule has 1 aliphatic rings. The van der Waals surface area contributed by atoms with Crippen LogP contribution in [0.4, 0.5) is 5.69 Å². The minimum atomic E-state index is -0.345. The van der Waals surface area contributed by atoms with Gasteiger partial charge in [-0.05, 0) is 35.9 Å². The summed E-state index contributed by atoms with van der Waals surface area (Å²) >= 11 is 10.6. The van der Waals surface area contributed by atoms with Crippen molar-refractivity contribution in [2.45, 2.75) is 6.54 Å². The topological polar surface area (TPSA) is 67.6 Å². The summed E-state index contributed by atoms with van der Waals surface area (Å²) in [7, 11) is 0. The molecule has 0 atom stereocenters. The van der Waals surface area contributed by atoms with E-state index in [0.717, 1.165) is 26.9 Å². The number of hydrogen-bond donors (Lipinski definition) is 0. The first-order valence-electron chi connectivity index (χ1n) is 10.3. The molecule has 0 aliphatic carbocycles. The molecule has 0 fully saturated rings. The number of halogens is 2. The highest BCUT2D eigenvalue weighted by Crippen LogP contribution is 2.36. The maximum atomic E-state index is 13.6. The maximum absolute atomic E-state index is 13.6. The summed E-state index contributed by atoms with van der Waals surface area (Å²) in [4.78, 5) is 33.6. The number of anilines is 1. The van der Waals surface area contributed by atoms with Gasteiger partial charge >= 0.3 is 0 Å². The van der Waals surface area contributed by atoms with E-state index < -0.39 is 0 Å². The van der Waals surface area contributed by atoms with Gasteiger partial charge in [0.05, 0.1) is 17.8 Å². The van der Waals surface area contributed by atoms with Crippen LogP contribution in [0.5, 0.6) is 0 Å². The normalized spacial score (nSPS) is 14.8. The van der Waals surface area contributed by atoms with Crippen LogP contribution in [-0.4, -0.2) is 20.5 Å². The number of amides is 1. The Kier molecular flexibility index (Phi) is 5.09. The predicted molar refractivity (Wildman–Crippen MR) is 137 cm³/mol. The number of nitrogens with zero attached hydrogens (tertiary/aromatic N) is 4. The van der Waals surface area contributed by atoms with Crippen molar-refractivity contribution in [1.29, 1.82) is 0 Å². The molecule has 34 heavy (non-hydrogen) atoms. The van der Waals surface area contributed by atoms with E-state index in [1.165, 1.54) is 15.9 Å². The molecular weight excluding hydrogens is 536 g/mol. The minimum Gasteiger partial charge on any atom is -0.303 e. The van der Waals surface area contributed by atoms with Crippen molar-refractivity contribution in [2.75, 3.05) is 4.90 Å². The highest BCUT2D eigenvalue weighted by Gasteiger charge is 2.34. The van der Waals surface area contributed by atoms with Crippen molar-refractivity contribution in [1.82, 2.24) is 14.6 Å². The molecule has 3 heterocycles. The van der Waals surface area contributed by atoms with Gasteiger partial charge in [0.25, 0.3) is 11.5 Å². The van der Waals surface area contributed by atoms with Crippen molar-refractivity contribution < 1.29 is 4.79 Å². The average Bonchev–Trinajstić information content (AvgIpc) is 3.47. The van der Waals surface area contributed by atoms with Gasteiger partial charge in [-0.25, -0.2) is 0 Å². The molecule has 2 aromatic heterocycles. The van der Waals surface area contributed by atoms with E-state index in [-0.39, 0.29) is 11.5 Å². The van der Waals surface area contributed by atoms with Gasteiger partial charge in [0.2, 0.25) is 4.96 Å². The van der Waals surface area contributed by atoms with Crippen LogP contribution in [0.25, 0.3) is 21.9 Å². The molecule has 0 saturated carbocycles. The molecule has 0 bridgehead atoms. The second-order valence-electron chi connectivity index (χ2n) is 7.78. The van der Waals surface area contributed by atoms with E-state index in [0.29, 0.717) is 32.5 Å². The standard InChI is InChI=1S/C25H14BrClN4O2S/c26-16-9-7-15(8-10-16)22-28-25-31(29-22)24(33)21(34-25)20-18-3-1-2-4-19(18)30(23(20)32)13-14-5-11-17(27)12-6-14/h1-12H,13H2/b21-20-. The van der Waals surface area contributed by atoms with Crippen molar-refractivity contribution >= 4 is 61.0 Å². The van der Waals surface area contributed by atoms with Gasteiger partial charge in [0.1, 0.15) is 4.53 Å². The first-order chi connectivity index (χ1) is 16.5. The largest absolute Gasteiger partial charge is 0.303 e. The Balaban J connectivity index is 1.48. The minimum absolute atomic E-state index is 0.217. The third-order valence-corrected chi connectivity index (χ3v) is 7.47. The molecule has 0 unspecified atom stereocenters. The lowest BCUT2D eigenvalue weighted by Crippen LogP contribution is -2.32. The van der Waals surface area contributed by atoms with Gasteiger partial charge in [-0.3, -0.25) is 9.59 Å². The van der Waals surface area contributed by atoms with E-state index in [1.807, 2.05) is 60.7 Å². The zero-order valence-corrected chi connectivity index (χ0v) is 20.6. The summed E-state index contributed by atoms with van der Waals surface area (Å²) in [6.07, 6.45) is 0. The van der Waals surface area contributed by atoms with Gasteiger partial charge in [-0.2, -0.15) is 9.50 Å². The molecule has 1 aliphatic heterocycles. The summed E-state index contributed by atoms with van der Waals surface area (Å²) in [5.74, 6) is 0.251. The van der Waals surface area contributed by atoms with Crippen molar-refractivity contribution in [3.8, 4) is 11.4 Å². The molecule has 0 saturated heterocycles. The number of thiazole rings is 1. The van der Waals surface area contributed by atoms with Crippen LogP contribution in [-0.2, 0) is 11.3 Å². The summed E-state index contributed by atoms with van der Waals surface area (Å²) in [6, 6.07) is 22.4. The van der Waals surface area contributed by atoms with Crippen molar-refractivity contribution in [2.24, 2.45) is 0 Å². The fourth-order valence-electron chi connectivity index (χ4n) is 4.04. The number of fused-ring (bicyclic) bond motifs is 2. The van der Waals surface area contributed by atoms with Crippen LogP contribution >= 0.6 is 38.9 Å². The number of aromatic nitrogens is 3. The monoisotopic (exact) mass is 548 g/mol. The van der Waals surface area contributed by atoms with Crippen LogP contribution in [0.2, 0.25) is 5.02 Å². The molecule has 5 aromatic rings. The molecule has 0 spiro atoms. The number of carbonyl (C=O) groups is 1. The van der Waals surface area contributed by atoms with Gasteiger partial charge in [-0.15, -0.1) is 5.10 Å².